The van der Waals surface area contributed by atoms with Crippen LogP contribution in [0.3, 0.4) is 0 Å². The molecule has 0 amide bonds. The number of hydrogen-bond donors (Lipinski definition) is 1. The van der Waals surface area contributed by atoms with Gasteiger partial charge in [-0.1, -0.05) is 0 Å². The SMILES string of the molecule is CN1CCN(C)C(CO)C1.[CH2-]N1CCN(C)C1.[Y].[Y]. The first kappa shape index (κ1) is 23.3. The van der Waals surface area contributed by atoms with E-state index in [4.69, 9.17) is 5.11 Å². The van der Waals surface area contributed by atoms with Crippen LogP contribution in [0.4, 0.5) is 0 Å². The fourth-order valence-electron chi connectivity index (χ4n) is 2.09. The number of rotatable bonds is 1. The fourth-order valence-corrected chi connectivity index (χ4v) is 2.09. The topological polar surface area (TPSA) is 33.2 Å². The molecule has 0 bridgehead atoms. The Morgan fingerprint density at radius 1 is 1.00 bits per heavy atom. The first-order valence-electron chi connectivity index (χ1n) is 6.26. The second kappa shape index (κ2) is 12.5. The quantitative estimate of drug-likeness (QED) is 0.562. The van der Waals surface area contributed by atoms with Crippen molar-refractivity contribution in [3.05, 3.63) is 7.05 Å². The van der Waals surface area contributed by atoms with Crippen LogP contribution in [-0.2, 0) is 65.4 Å². The predicted molar refractivity (Wildman–Crippen MR) is 70.6 cm³/mol. The second-order valence-corrected chi connectivity index (χ2v) is 5.19. The zero-order chi connectivity index (χ0) is 12.8. The maximum atomic E-state index is 8.91. The van der Waals surface area contributed by atoms with E-state index in [1.165, 1.54) is 6.54 Å². The van der Waals surface area contributed by atoms with Gasteiger partial charge in [0, 0.05) is 104 Å². The molecule has 0 aromatic carbocycles. The van der Waals surface area contributed by atoms with Crippen molar-refractivity contribution in [1.82, 2.24) is 19.6 Å². The molecule has 2 fully saturated rings. The van der Waals surface area contributed by atoms with E-state index in [1.54, 1.807) is 0 Å². The summed E-state index contributed by atoms with van der Waals surface area (Å²) in [6.07, 6.45) is 0. The third-order valence-electron chi connectivity index (χ3n) is 3.43. The minimum Gasteiger partial charge on any atom is -0.446 e. The molecule has 0 saturated carbocycles. The Morgan fingerprint density at radius 3 is 1.89 bits per heavy atom. The number of aliphatic hydroxyl groups is 1. The minimum absolute atomic E-state index is 0. The summed E-state index contributed by atoms with van der Waals surface area (Å²) in [5, 5.41) is 8.91. The van der Waals surface area contributed by atoms with E-state index in [1.807, 2.05) is 0 Å². The van der Waals surface area contributed by atoms with E-state index in [-0.39, 0.29) is 72.0 Å². The number of likely N-dealkylation sites (N-methyl/N-ethyl adjacent to an activating group) is 3. The molecule has 108 valence electrons. The molecule has 2 saturated heterocycles. The van der Waals surface area contributed by atoms with Crippen LogP contribution in [0.2, 0.25) is 0 Å². The molecule has 2 rings (SSSR count). The van der Waals surface area contributed by atoms with E-state index in [9.17, 15) is 0 Å². The van der Waals surface area contributed by atoms with Gasteiger partial charge in [-0.05, 0) is 27.7 Å². The molecule has 0 aromatic heterocycles. The van der Waals surface area contributed by atoms with Gasteiger partial charge in [0.2, 0.25) is 0 Å². The Balaban J connectivity index is 0. The molecule has 5 nitrogen and oxygen atoms in total. The normalized spacial score (nSPS) is 26.1. The van der Waals surface area contributed by atoms with Gasteiger partial charge in [-0.15, -0.1) is 0 Å². The summed E-state index contributed by atoms with van der Waals surface area (Å²) in [5.41, 5.74) is 0. The van der Waals surface area contributed by atoms with Crippen molar-refractivity contribution in [3.8, 4) is 0 Å². The zero-order valence-electron chi connectivity index (χ0n) is 12.6. The van der Waals surface area contributed by atoms with Crippen molar-refractivity contribution in [2.75, 3.05) is 67.1 Å². The molecule has 1 atom stereocenters. The fraction of sp³-hybridized carbons (Fsp3) is 0.917. The van der Waals surface area contributed by atoms with Crippen LogP contribution < -0.4 is 0 Å². The summed E-state index contributed by atoms with van der Waals surface area (Å²) in [5.74, 6) is 0. The average Bonchev–Trinajstić information content (AvgIpc) is 2.67. The van der Waals surface area contributed by atoms with Gasteiger partial charge in [-0.2, -0.15) is 0 Å². The molecule has 2 radical (unpaired) electrons. The van der Waals surface area contributed by atoms with Crippen LogP contribution in [0.25, 0.3) is 0 Å². The molecule has 1 unspecified atom stereocenters. The molecular weight excluding hydrogens is 394 g/mol. The van der Waals surface area contributed by atoms with Gasteiger partial charge in [-0.25, -0.2) is 0 Å². The Labute approximate surface area is 168 Å². The molecule has 0 aliphatic carbocycles. The maximum Gasteiger partial charge on any atom is 0.0599 e. The Bertz CT molecular complexity index is 216. The number of piperazine rings is 1. The van der Waals surface area contributed by atoms with E-state index < -0.39 is 0 Å². The monoisotopic (exact) mass is 421 g/mol. The van der Waals surface area contributed by atoms with E-state index in [2.05, 4.69) is 47.8 Å². The molecule has 0 spiro atoms. The number of hydrogen-bond acceptors (Lipinski definition) is 5. The molecule has 0 aromatic rings. The third kappa shape index (κ3) is 9.59. The van der Waals surface area contributed by atoms with Crippen LogP contribution in [-0.4, -0.2) is 97.9 Å². The summed E-state index contributed by atoms with van der Waals surface area (Å²) in [6.45, 7) is 6.78. The van der Waals surface area contributed by atoms with Crippen molar-refractivity contribution >= 4 is 0 Å². The first-order valence-corrected chi connectivity index (χ1v) is 6.26. The Hall–Kier alpha value is 2.01. The second-order valence-electron chi connectivity index (χ2n) is 5.19. The third-order valence-corrected chi connectivity index (χ3v) is 3.43. The van der Waals surface area contributed by atoms with Gasteiger partial charge in [0.25, 0.3) is 0 Å². The molecule has 2 aliphatic heterocycles. The number of aliphatic hydroxyl groups excluding tert-OH is 1. The van der Waals surface area contributed by atoms with Crippen molar-refractivity contribution < 1.29 is 70.5 Å². The van der Waals surface area contributed by atoms with Crippen molar-refractivity contribution in [3.63, 3.8) is 0 Å². The first-order chi connectivity index (χ1) is 8.02. The molecular formula is C12H27N4OY2-. The van der Waals surface area contributed by atoms with Crippen molar-refractivity contribution in [2.24, 2.45) is 0 Å². The zero-order valence-corrected chi connectivity index (χ0v) is 18.3. The Kier molecular flexibility index (Phi) is 15.4. The maximum absolute atomic E-state index is 8.91. The summed E-state index contributed by atoms with van der Waals surface area (Å²) in [4.78, 5) is 8.76. The van der Waals surface area contributed by atoms with E-state index >= 15 is 0 Å². The van der Waals surface area contributed by atoms with Crippen molar-refractivity contribution in [1.29, 1.82) is 0 Å². The molecule has 2 aliphatic rings. The van der Waals surface area contributed by atoms with Gasteiger partial charge in [0.05, 0.1) is 6.61 Å². The van der Waals surface area contributed by atoms with E-state index in [0.29, 0.717) is 6.04 Å². The summed E-state index contributed by atoms with van der Waals surface area (Å²) < 4.78 is 0. The average molecular weight is 421 g/mol. The van der Waals surface area contributed by atoms with Gasteiger partial charge >= 0.3 is 0 Å². The van der Waals surface area contributed by atoms with Gasteiger partial charge in [0.1, 0.15) is 0 Å². The van der Waals surface area contributed by atoms with Crippen LogP contribution in [0.1, 0.15) is 0 Å². The minimum atomic E-state index is 0. The van der Waals surface area contributed by atoms with Gasteiger partial charge in [0.15, 0.2) is 0 Å². The number of nitrogens with zero attached hydrogens (tertiary/aromatic N) is 4. The molecule has 1 N–H and O–H groups in total. The predicted octanol–water partition coefficient (Wildman–Crippen LogP) is -0.798. The summed E-state index contributed by atoms with van der Waals surface area (Å²) in [7, 11) is 10.0. The standard InChI is InChI=1S/C7H16N2O.C5H11N2.2Y/c1-8-3-4-9(2)7(5-8)6-10;1-6-3-4-7(2)5-6;;/h7,10H,3-6H2,1-2H3;1,3-5H2,2H3;;/q;-1;;. The molecule has 2 heterocycles. The van der Waals surface area contributed by atoms with Crippen LogP contribution >= 0.6 is 0 Å². The van der Waals surface area contributed by atoms with Gasteiger partial charge in [-0.3, -0.25) is 16.8 Å². The smallest absolute Gasteiger partial charge is 0.0599 e. The van der Waals surface area contributed by atoms with Gasteiger partial charge < -0.3 is 14.9 Å². The van der Waals surface area contributed by atoms with Crippen LogP contribution in [0.5, 0.6) is 0 Å². The van der Waals surface area contributed by atoms with E-state index in [0.717, 1.165) is 32.8 Å². The largest absolute Gasteiger partial charge is 0.446 e. The molecule has 19 heavy (non-hydrogen) atoms. The Morgan fingerprint density at radius 2 is 1.58 bits per heavy atom. The van der Waals surface area contributed by atoms with Crippen molar-refractivity contribution in [2.45, 2.75) is 6.04 Å². The van der Waals surface area contributed by atoms with Crippen LogP contribution in [0, 0.1) is 7.05 Å². The summed E-state index contributed by atoms with van der Waals surface area (Å²) >= 11 is 0. The van der Waals surface area contributed by atoms with Crippen LogP contribution in [0.15, 0.2) is 0 Å². The molecule has 7 heteroatoms. The summed E-state index contributed by atoms with van der Waals surface area (Å²) in [6, 6.07) is 0.346.